The van der Waals surface area contributed by atoms with Crippen LogP contribution in [-0.2, 0) is 13.1 Å². The summed E-state index contributed by atoms with van der Waals surface area (Å²) in [5.74, 6) is 0.145. The fraction of sp³-hybridized carbons (Fsp3) is 0.769. The first-order valence-electron chi connectivity index (χ1n) is 24.5. The van der Waals surface area contributed by atoms with E-state index >= 15 is 0 Å². The molecule has 0 saturated heterocycles. The van der Waals surface area contributed by atoms with Crippen molar-refractivity contribution in [1.82, 2.24) is 0 Å². The molecule has 0 radical (unpaired) electrons. The van der Waals surface area contributed by atoms with Crippen LogP contribution in [0.5, 0.6) is 0 Å². The lowest BCUT2D eigenvalue weighted by Gasteiger charge is -2.16. The molecule has 0 aliphatic carbocycles. The summed E-state index contributed by atoms with van der Waals surface area (Å²) < 4.78 is 0. The van der Waals surface area contributed by atoms with Gasteiger partial charge in [0.25, 0.3) is 0 Å². The Labute approximate surface area is 348 Å². The van der Waals surface area contributed by atoms with E-state index in [2.05, 4.69) is 38.2 Å². The largest absolute Gasteiger partial charge is 0.326 e. The second-order valence-corrected chi connectivity index (χ2v) is 16.9. The minimum Gasteiger partial charge on any atom is -0.326 e. The van der Waals surface area contributed by atoms with Crippen LogP contribution in [0.2, 0.25) is 0 Å². The molecule has 1 aromatic rings. The highest BCUT2D eigenvalue weighted by Gasteiger charge is 2.22. The Morgan fingerprint density at radius 2 is 0.732 bits per heavy atom. The zero-order valence-electron chi connectivity index (χ0n) is 37.3. The van der Waals surface area contributed by atoms with Gasteiger partial charge >= 0.3 is 0 Å². The highest BCUT2D eigenvalue weighted by Crippen LogP contribution is 2.25. The van der Waals surface area contributed by atoms with Gasteiger partial charge in [-0.3, -0.25) is 9.59 Å². The van der Waals surface area contributed by atoms with Crippen molar-refractivity contribution in [3.8, 4) is 0 Å². The Morgan fingerprint density at radius 3 is 1.07 bits per heavy atom. The third kappa shape index (κ3) is 28.4. The lowest BCUT2D eigenvalue weighted by atomic mass is 9.88. The van der Waals surface area contributed by atoms with E-state index < -0.39 is 0 Å². The standard InChI is InChI=1S/C52H92N2O2/c1-3-5-7-9-11-13-15-17-19-21-23-25-27-29-31-33-35-37-39-41-50(55)48-44-43-47(45-53)49(46-54)52(48)51(56)42-40-38-36-34-32-30-28-26-24-22-20-18-16-14-12-10-8-6-4-2/h17-20,43-44H,3-16,21-42,45-46,53-54H2,1-2H3/b19-17-,20-18-. The molecular formula is C52H92N2O2. The van der Waals surface area contributed by atoms with Gasteiger partial charge in [0.15, 0.2) is 11.6 Å². The van der Waals surface area contributed by atoms with Crippen molar-refractivity contribution in [3.63, 3.8) is 0 Å². The number of rotatable bonds is 42. The molecule has 0 amide bonds. The number of benzene rings is 1. The Balaban J connectivity index is 2.21. The molecule has 4 nitrogen and oxygen atoms in total. The molecule has 0 heterocycles. The topological polar surface area (TPSA) is 86.2 Å². The molecule has 0 aliphatic rings. The first kappa shape index (κ1) is 52.0. The average molecular weight is 777 g/mol. The Hall–Kier alpha value is -2.04. The third-order valence-electron chi connectivity index (χ3n) is 11.7. The van der Waals surface area contributed by atoms with Gasteiger partial charge in [-0.15, -0.1) is 0 Å². The summed E-state index contributed by atoms with van der Waals surface area (Å²) in [4.78, 5) is 27.0. The van der Waals surface area contributed by atoms with E-state index in [1.165, 1.54) is 193 Å². The SMILES string of the molecule is CCCCCCCC/C=C\CCCCCCCCCCCC(=O)c1ccc(CN)c(CN)c1C(=O)CCCCCCCCCCC/C=C\CCCCCCCC. The van der Waals surface area contributed by atoms with Gasteiger partial charge in [-0.25, -0.2) is 0 Å². The second-order valence-electron chi connectivity index (χ2n) is 16.9. The van der Waals surface area contributed by atoms with Gasteiger partial charge in [0, 0.05) is 37.1 Å². The average Bonchev–Trinajstić information content (AvgIpc) is 3.21. The van der Waals surface area contributed by atoms with Gasteiger partial charge in [-0.1, -0.05) is 204 Å². The molecule has 4 heteroatoms. The van der Waals surface area contributed by atoms with Crippen LogP contribution in [0.3, 0.4) is 0 Å². The van der Waals surface area contributed by atoms with Gasteiger partial charge in [-0.2, -0.15) is 0 Å². The van der Waals surface area contributed by atoms with Crippen LogP contribution in [0.1, 0.15) is 277 Å². The summed E-state index contributed by atoms with van der Waals surface area (Å²) >= 11 is 0. The van der Waals surface area contributed by atoms with Crippen LogP contribution < -0.4 is 11.5 Å². The van der Waals surface area contributed by atoms with Crippen LogP contribution in [0.4, 0.5) is 0 Å². The van der Waals surface area contributed by atoms with E-state index in [1.54, 1.807) is 0 Å². The number of unbranched alkanes of at least 4 members (excludes halogenated alkanes) is 30. The molecule has 322 valence electrons. The molecule has 0 unspecified atom stereocenters. The molecular weight excluding hydrogens is 685 g/mol. The van der Waals surface area contributed by atoms with Crippen LogP contribution in [-0.4, -0.2) is 11.6 Å². The molecule has 0 saturated carbocycles. The monoisotopic (exact) mass is 777 g/mol. The minimum absolute atomic E-state index is 0.0642. The van der Waals surface area contributed by atoms with Crippen LogP contribution in [0.15, 0.2) is 36.4 Å². The quantitative estimate of drug-likeness (QED) is 0.0393. The van der Waals surface area contributed by atoms with E-state index in [0.717, 1.165) is 36.8 Å². The smallest absolute Gasteiger partial charge is 0.163 e. The van der Waals surface area contributed by atoms with Crippen molar-refractivity contribution >= 4 is 11.6 Å². The number of ketones is 2. The van der Waals surface area contributed by atoms with Gasteiger partial charge in [0.1, 0.15) is 0 Å². The number of carbonyl (C=O) groups excluding carboxylic acids is 2. The van der Waals surface area contributed by atoms with E-state index in [-0.39, 0.29) is 18.1 Å². The normalized spacial score (nSPS) is 11.8. The zero-order valence-corrected chi connectivity index (χ0v) is 37.3. The third-order valence-corrected chi connectivity index (χ3v) is 11.7. The number of allylic oxidation sites excluding steroid dienone is 4. The Bertz CT molecular complexity index is 1120. The van der Waals surface area contributed by atoms with Crippen molar-refractivity contribution in [2.75, 3.05) is 0 Å². The summed E-state index contributed by atoms with van der Waals surface area (Å²) in [6, 6.07) is 3.75. The fourth-order valence-corrected chi connectivity index (χ4v) is 8.05. The highest BCUT2D eigenvalue weighted by atomic mass is 16.1. The Kier molecular flexibility index (Phi) is 36.9. The van der Waals surface area contributed by atoms with E-state index in [4.69, 9.17) is 11.5 Å². The van der Waals surface area contributed by atoms with Crippen molar-refractivity contribution < 1.29 is 9.59 Å². The van der Waals surface area contributed by atoms with E-state index in [0.29, 0.717) is 30.5 Å². The number of Topliss-reactive ketones (excluding diaryl/α,β-unsaturated/α-hetero) is 2. The molecule has 0 spiro atoms. The van der Waals surface area contributed by atoms with Crippen LogP contribution in [0.25, 0.3) is 0 Å². The first-order chi connectivity index (χ1) is 27.6. The summed E-state index contributed by atoms with van der Waals surface area (Å²) in [6.07, 6.45) is 54.0. The number of nitrogens with two attached hydrogens (primary N) is 2. The lowest BCUT2D eigenvalue weighted by Crippen LogP contribution is -2.18. The highest BCUT2D eigenvalue weighted by molar-refractivity contribution is 6.10. The van der Waals surface area contributed by atoms with E-state index in [1.807, 2.05) is 12.1 Å². The number of carbonyl (C=O) groups is 2. The molecule has 1 rings (SSSR count). The molecule has 0 aliphatic heterocycles. The van der Waals surface area contributed by atoms with Gasteiger partial charge < -0.3 is 11.5 Å². The zero-order chi connectivity index (χ0) is 40.6. The predicted molar refractivity (Wildman–Crippen MR) is 247 cm³/mol. The molecule has 0 atom stereocenters. The Morgan fingerprint density at radius 1 is 0.411 bits per heavy atom. The molecule has 0 aromatic heterocycles. The first-order valence-corrected chi connectivity index (χ1v) is 24.5. The van der Waals surface area contributed by atoms with Crippen molar-refractivity contribution in [2.24, 2.45) is 11.5 Å². The fourth-order valence-electron chi connectivity index (χ4n) is 8.05. The number of hydrogen-bond acceptors (Lipinski definition) is 4. The maximum Gasteiger partial charge on any atom is 0.163 e. The van der Waals surface area contributed by atoms with Crippen molar-refractivity contribution in [3.05, 3.63) is 58.7 Å². The summed E-state index contributed by atoms with van der Waals surface area (Å²) in [6.45, 7) is 5.12. The maximum atomic E-state index is 13.6. The van der Waals surface area contributed by atoms with Gasteiger partial charge in [0.2, 0.25) is 0 Å². The summed E-state index contributed by atoms with van der Waals surface area (Å²) in [5.41, 5.74) is 15.0. The molecule has 4 N–H and O–H groups in total. The molecule has 0 fully saturated rings. The molecule has 1 aromatic carbocycles. The van der Waals surface area contributed by atoms with E-state index in [9.17, 15) is 9.59 Å². The van der Waals surface area contributed by atoms with Crippen LogP contribution >= 0.6 is 0 Å². The molecule has 56 heavy (non-hydrogen) atoms. The lowest BCUT2D eigenvalue weighted by molar-refractivity contribution is 0.0945. The van der Waals surface area contributed by atoms with Gasteiger partial charge in [0.05, 0.1) is 0 Å². The van der Waals surface area contributed by atoms with Crippen molar-refractivity contribution in [1.29, 1.82) is 0 Å². The second kappa shape index (κ2) is 39.8. The minimum atomic E-state index is 0.0642. The summed E-state index contributed by atoms with van der Waals surface area (Å²) in [5, 5.41) is 0. The molecule has 0 bridgehead atoms. The van der Waals surface area contributed by atoms with Crippen LogP contribution in [0, 0.1) is 0 Å². The predicted octanol–water partition coefficient (Wildman–Crippen LogP) is 16.2. The maximum absolute atomic E-state index is 13.6. The van der Waals surface area contributed by atoms with Gasteiger partial charge in [-0.05, 0) is 75.3 Å². The summed E-state index contributed by atoms with van der Waals surface area (Å²) in [7, 11) is 0. The number of hydrogen-bond donors (Lipinski definition) is 2. The van der Waals surface area contributed by atoms with Crippen molar-refractivity contribution in [2.45, 2.75) is 258 Å².